The smallest absolute Gasteiger partial charge is 0.274 e. The number of carbonyl (C=O) groups is 1. The zero-order valence-electron chi connectivity index (χ0n) is 13.9. The van der Waals surface area contributed by atoms with Gasteiger partial charge in [0.25, 0.3) is 17.2 Å². The summed E-state index contributed by atoms with van der Waals surface area (Å²) >= 11 is 5.08. The monoisotopic (exact) mass is 370 g/mol. The predicted molar refractivity (Wildman–Crippen MR) is 100 cm³/mol. The number of nitrogens with one attached hydrogen (secondary N) is 2. The highest BCUT2D eigenvalue weighted by Gasteiger charge is 2.14. The van der Waals surface area contributed by atoms with E-state index in [2.05, 4.69) is 10.3 Å². The largest absolute Gasteiger partial charge is 0.332 e. The molecular weight excluding hydrogens is 356 g/mol. The van der Waals surface area contributed by atoms with Gasteiger partial charge < -0.3 is 10.3 Å². The Morgan fingerprint density at radius 2 is 2.00 bits per heavy atom. The van der Waals surface area contributed by atoms with Gasteiger partial charge in [-0.25, -0.2) is 0 Å². The topological polar surface area (TPSA) is 110 Å². The van der Waals surface area contributed by atoms with Crippen LogP contribution in [0.1, 0.15) is 15.9 Å². The van der Waals surface area contributed by atoms with E-state index in [4.69, 9.17) is 12.2 Å². The first kappa shape index (κ1) is 17.5. The number of rotatable bonds is 3. The highest BCUT2D eigenvalue weighted by atomic mass is 32.1. The lowest BCUT2D eigenvalue weighted by Crippen LogP contribution is -2.19. The van der Waals surface area contributed by atoms with Crippen LogP contribution in [-0.4, -0.2) is 20.4 Å². The Labute approximate surface area is 152 Å². The van der Waals surface area contributed by atoms with Crippen molar-refractivity contribution in [1.29, 1.82) is 0 Å². The Hall–Kier alpha value is -3.33. The molecule has 1 heterocycles. The average Bonchev–Trinajstić information content (AvgIpc) is 2.60. The third-order valence-electron chi connectivity index (χ3n) is 4.03. The Bertz CT molecular complexity index is 1180. The molecule has 0 saturated heterocycles. The number of aryl methyl sites for hydroxylation is 1. The van der Waals surface area contributed by atoms with Crippen molar-refractivity contribution in [3.8, 4) is 0 Å². The van der Waals surface area contributed by atoms with Crippen molar-refractivity contribution in [1.82, 2.24) is 9.55 Å². The van der Waals surface area contributed by atoms with Gasteiger partial charge in [-0.2, -0.15) is 0 Å². The number of nitro groups is 1. The second kappa shape index (κ2) is 6.52. The quantitative estimate of drug-likeness (QED) is 0.418. The number of amides is 1. The molecule has 8 nitrogen and oxygen atoms in total. The van der Waals surface area contributed by atoms with Crippen molar-refractivity contribution in [3.05, 3.63) is 72.8 Å². The number of fused-ring (bicyclic) bond motifs is 1. The third kappa shape index (κ3) is 3.11. The minimum absolute atomic E-state index is 0.0751. The molecule has 0 saturated carbocycles. The number of anilines is 1. The summed E-state index contributed by atoms with van der Waals surface area (Å²) < 4.78 is 1.55. The van der Waals surface area contributed by atoms with Crippen LogP contribution in [0.5, 0.6) is 0 Å². The Balaban J connectivity index is 1.97. The molecule has 0 aliphatic heterocycles. The van der Waals surface area contributed by atoms with E-state index >= 15 is 0 Å². The number of nitrogens with zero attached hydrogens (tertiary/aromatic N) is 2. The first-order valence-electron chi connectivity index (χ1n) is 7.57. The Morgan fingerprint density at radius 3 is 2.69 bits per heavy atom. The van der Waals surface area contributed by atoms with Gasteiger partial charge in [-0.1, -0.05) is 6.07 Å². The van der Waals surface area contributed by atoms with E-state index in [0.29, 0.717) is 27.7 Å². The van der Waals surface area contributed by atoms with Crippen LogP contribution in [0.3, 0.4) is 0 Å². The van der Waals surface area contributed by atoms with Crippen LogP contribution in [0, 0.1) is 21.8 Å². The van der Waals surface area contributed by atoms with Crippen molar-refractivity contribution >= 4 is 40.4 Å². The van der Waals surface area contributed by atoms with Gasteiger partial charge in [0.05, 0.1) is 15.8 Å². The number of hydrogen-bond acceptors (Lipinski definition) is 5. The van der Waals surface area contributed by atoms with Crippen LogP contribution < -0.4 is 10.9 Å². The number of aromatic amines is 1. The first-order valence-corrected chi connectivity index (χ1v) is 7.98. The van der Waals surface area contributed by atoms with Crippen LogP contribution in [0.4, 0.5) is 11.4 Å². The maximum Gasteiger partial charge on any atom is 0.274 e. The molecule has 0 atom stereocenters. The highest BCUT2D eigenvalue weighted by Crippen LogP contribution is 2.23. The summed E-state index contributed by atoms with van der Waals surface area (Å²) in [7, 11) is 1.56. The molecule has 132 valence electrons. The molecule has 0 aliphatic rings. The van der Waals surface area contributed by atoms with Gasteiger partial charge in [0.2, 0.25) is 0 Å². The Kier molecular flexibility index (Phi) is 4.39. The molecule has 0 aliphatic carbocycles. The lowest BCUT2D eigenvalue weighted by molar-refractivity contribution is -0.385. The molecule has 3 rings (SSSR count). The standard InChI is InChI=1S/C17H14N4O4S/c1-9-3-5-11(8-14(9)21(24)25)18-15(22)10-4-6-12-13(7-10)19-17(26)20(2)16(12)23/h3-8H,1-2H3,(H,18,22)(H,19,26). The van der Waals surface area contributed by atoms with Crippen LogP contribution in [0.2, 0.25) is 0 Å². The van der Waals surface area contributed by atoms with Crippen molar-refractivity contribution in [2.45, 2.75) is 6.92 Å². The lowest BCUT2D eigenvalue weighted by atomic mass is 10.1. The van der Waals surface area contributed by atoms with Crippen LogP contribution in [-0.2, 0) is 7.05 Å². The molecule has 2 N–H and O–H groups in total. The number of aromatic nitrogens is 2. The molecule has 3 aromatic rings. The van der Waals surface area contributed by atoms with E-state index in [1.165, 1.54) is 28.8 Å². The van der Waals surface area contributed by atoms with Gasteiger partial charge in [0.15, 0.2) is 4.77 Å². The molecule has 0 fully saturated rings. The molecule has 0 bridgehead atoms. The second-order valence-electron chi connectivity index (χ2n) is 5.77. The number of carbonyl (C=O) groups excluding carboxylic acids is 1. The highest BCUT2D eigenvalue weighted by molar-refractivity contribution is 7.71. The van der Waals surface area contributed by atoms with Gasteiger partial charge in [-0.3, -0.25) is 24.3 Å². The van der Waals surface area contributed by atoms with Crippen LogP contribution in [0.25, 0.3) is 10.9 Å². The zero-order chi connectivity index (χ0) is 19.0. The fraction of sp³-hybridized carbons (Fsp3) is 0.118. The fourth-order valence-corrected chi connectivity index (χ4v) is 2.73. The summed E-state index contributed by atoms with van der Waals surface area (Å²) in [4.78, 5) is 38.0. The summed E-state index contributed by atoms with van der Waals surface area (Å²) in [6.07, 6.45) is 0. The van der Waals surface area contributed by atoms with Crippen LogP contribution >= 0.6 is 12.2 Å². The number of nitro benzene ring substituents is 1. The van der Waals surface area contributed by atoms with Gasteiger partial charge in [0.1, 0.15) is 0 Å². The van der Waals surface area contributed by atoms with Crippen molar-refractivity contribution in [2.75, 3.05) is 5.32 Å². The van der Waals surface area contributed by atoms with Gasteiger partial charge in [-0.05, 0) is 43.4 Å². The normalized spacial score (nSPS) is 10.7. The summed E-state index contributed by atoms with van der Waals surface area (Å²) in [6.45, 7) is 1.62. The molecule has 26 heavy (non-hydrogen) atoms. The van der Waals surface area contributed by atoms with Crippen molar-refractivity contribution in [2.24, 2.45) is 7.05 Å². The van der Waals surface area contributed by atoms with Gasteiger partial charge in [0, 0.05) is 29.9 Å². The van der Waals surface area contributed by atoms with Crippen molar-refractivity contribution < 1.29 is 9.72 Å². The lowest BCUT2D eigenvalue weighted by Gasteiger charge is -2.08. The molecule has 0 unspecified atom stereocenters. The summed E-state index contributed by atoms with van der Waals surface area (Å²) in [5.74, 6) is -0.454. The SMILES string of the molecule is Cc1ccc(NC(=O)c2ccc3c(=O)n(C)c(=S)[nH]c3c2)cc1[N+](=O)[O-]. The van der Waals surface area contributed by atoms with E-state index in [-0.39, 0.29) is 16.0 Å². The van der Waals surface area contributed by atoms with E-state index < -0.39 is 10.8 Å². The summed E-state index contributed by atoms with van der Waals surface area (Å²) in [5.41, 5.74) is 1.21. The van der Waals surface area contributed by atoms with E-state index in [9.17, 15) is 19.7 Å². The number of hydrogen-bond donors (Lipinski definition) is 2. The van der Waals surface area contributed by atoms with E-state index in [0.717, 1.165) is 0 Å². The average molecular weight is 370 g/mol. The maximum absolute atomic E-state index is 12.5. The molecule has 1 amide bonds. The molecule has 2 aromatic carbocycles. The summed E-state index contributed by atoms with van der Waals surface area (Å²) in [5, 5.41) is 14.0. The summed E-state index contributed by atoms with van der Waals surface area (Å²) in [6, 6.07) is 9.02. The van der Waals surface area contributed by atoms with Gasteiger partial charge in [-0.15, -0.1) is 0 Å². The van der Waals surface area contributed by atoms with Crippen LogP contribution in [0.15, 0.2) is 41.2 Å². The molecule has 9 heteroatoms. The molecule has 0 spiro atoms. The molecular formula is C17H14N4O4S. The zero-order valence-corrected chi connectivity index (χ0v) is 14.7. The minimum atomic E-state index is -0.503. The van der Waals surface area contributed by atoms with E-state index in [1.807, 2.05) is 0 Å². The fourth-order valence-electron chi connectivity index (χ4n) is 2.53. The third-order valence-corrected chi connectivity index (χ3v) is 4.40. The molecule has 0 radical (unpaired) electrons. The van der Waals surface area contributed by atoms with E-state index in [1.54, 1.807) is 26.1 Å². The maximum atomic E-state index is 12.5. The van der Waals surface area contributed by atoms with Crippen molar-refractivity contribution in [3.63, 3.8) is 0 Å². The molecule has 1 aromatic heterocycles. The minimum Gasteiger partial charge on any atom is -0.332 e. The van der Waals surface area contributed by atoms with Gasteiger partial charge >= 0.3 is 0 Å². The Morgan fingerprint density at radius 1 is 1.27 bits per heavy atom. The number of benzene rings is 2. The first-order chi connectivity index (χ1) is 12.3. The second-order valence-corrected chi connectivity index (χ2v) is 6.15. The number of H-pyrrole nitrogens is 1. The predicted octanol–water partition coefficient (Wildman–Crippen LogP) is 3.07.